The molecule has 0 aliphatic heterocycles. The maximum atomic E-state index is 11.8. The molecule has 0 aliphatic carbocycles. The average molecular weight is 265 g/mol. The number of aliphatic carboxylic acids is 1. The van der Waals surface area contributed by atoms with Crippen molar-refractivity contribution >= 4 is 11.9 Å². The summed E-state index contributed by atoms with van der Waals surface area (Å²) < 4.78 is 5.29. The Labute approximate surface area is 112 Å². The quantitative estimate of drug-likeness (QED) is 0.847. The van der Waals surface area contributed by atoms with E-state index in [1.807, 2.05) is 30.3 Å². The van der Waals surface area contributed by atoms with Gasteiger partial charge < -0.3 is 14.7 Å². The molecule has 0 fully saturated rings. The number of carboxylic acid groups (broad SMARTS) is 1. The van der Waals surface area contributed by atoms with Crippen molar-refractivity contribution in [2.45, 2.75) is 26.0 Å². The molecule has 1 amide bonds. The number of nitrogens with zero attached hydrogens (tertiary/aromatic N) is 1. The summed E-state index contributed by atoms with van der Waals surface area (Å²) in [5.41, 5.74) is -0.275. The first-order valence-electron chi connectivity index (χ1n) is 5.97. The van der Waals surface area contributed by atoms with Gasteiger partial charge in [0.05, 0.1) is 6.61 Å². The summed E-state index contributed by atoms with van der Waals surface area (Å²) in [6, 6.07) is 9.48. The van der Waals surface area contributed by atoms with Crippen LogP contribution >= 0.6 is 0 Å². The van der Waals surface area contributed by atoms with Crippen LogP contribution in [0.15, 0.2) is 30.3 Å². The van der Waals surface area contributed by atoms with Crippen molar-refractivity contribution in [3.63, 3.8) is 0 Å². The first kappa shape index (κ1) is 15.2. The molecule has 0 atom stereocenters. The fourth-order valence-corrected chi connectivity index (χ4v) is 1.38. The van der Waals surface area contributed by atoms with Gasteiger partial charge in [0.1, 0.15) is 12.1 Å². The lowest BCUT2D eigenvalue weighted by Gasteiger charge is -2.31. The second-order valence-corrected chi connectivity index (χ2v) is 4.80. The second kappa shape index (κ2) is 6.33. The number of amides is 1. The summed E-state index contributed by atoms with van der Waals surface area (Å²) in [5, 5.41) is 9.03. The SMILES string of the molecule is CN(C(=O)COCc1ccccc1)C(C)(C)C(=O)O. The Kier molecular flexibility index (Phi) is 5.06. The van der Waals surface area contributed by atoms with Crippen molar-refractivity contribution in [1.82, 2.24) is 4.90 Å². The highest BCUT2D eigenvalue weighted by atomic mass is 16.5. The van der Waals surface area contributed by atoms with E-state index in [2.05, 4.69) is 0 Å². The number of carboxylic acids is 1. The van der Waals surface area contributed by atoms with Crippen LogP contribution in [0.1, 0.15) is 19.4 Å². The molecule has 0 heterocycles. The summed E-state index contributed by atoms with van der Waals surface area (Å²) in [4.78, 5) is 24.0. The van der Waals surface area contributed by atoms with Crippen LogP contribution in [0.25, 0.3) is 0 Å². The van der Waals surface area contributed by atoms with Gasteiger partial charge in [0, 0.05) is 7.05 Å². The van der Waals surface area contributed by atoms with E-state index in [4.69, 9.17) is 9.84 Å². The van der Waals surface area contributed by atoms with Crippen molar-refractivity contribution in [3.05, 3.63) is 35.9 Å². The Morgan fingerprint density at radius 3 is 2.37 bits per heavy atom. The molecule has 1 N–H and O–H groups in total. The zero-order valence-corrected chi connectivity index (χ0v) is 11.4. The maximum Gasteiger partial charge on any atom is 0.329 e. The number of ether oxygens (including phenoxy) is 1. The maximum absolute atomic E-state index is 11.8. The Morgan fingerprint density at radius 1 is 1.26 bits per heavy atom. The molecule has 0 bridgehead atoms. The molecular weight excluding hydrogens is 246 g/mol. The zero-order valence-electron chi connectivity index (χ0n) is 11.4. The molecule has 1 aromatic rings. The highest BCUT2D eigenvalue weighted by Gasteiger charge is 2.34. The molecule has 0 saturated heterocycles. The van der Waals surface area contributed by atoms with Crippen molar-refractivity contribution in [2.75, 3.05) is 13.7 Å². The third-order valence-corrected chi connectivity index (χ3v) is 3.07. The zero-order chi connectivity index (χ0) is 14.5. The fraction of sp³-hybridized carbons (Fsp3) is 0.429. The number of hydrogen-bond acceptors (Lipinski definition) is 3. The third kappa shape index (κ3) is 4.06. The Bertz CT molecular complexity index is 442. The topological polar surface area (TPSA) is 66.8 Å². The van der Waals surface area contributed by atoms with E-state index in [-0.39, 0.29) is 12.5 Å². The second-order valence-electron chi connectivity index (χ2n) is 4.80. The van der Waals surface area contributed by atoms with Gasteiger partial charge in [-0.05, 0) is 19.4 Å². The number of benzene rings is 1. The van der Waals surface area contributed by atoms with E-state index in [0.29, 0.717) is 6.61 Å². The molecule has 0 aliphatic rings. The molecule has 1 rings (SSSR count). The Morgan fingerprint density at radius 2 is 1.84 bits per heavy atom. The molecule has 5 heteroatoms. The van der Waals surface area contributed by atoms with Gasteiger partial charge >= 0.3 is 5.97 Å². The number of rotatable bonds is 6. The first-order chi connectivity index (χ1) is 8.85. The Hall–Kier alpha value is -1.88. The molecular formula is C14H19NO4. The van der Waals surface area contributed by atoms with Gasteiger partial charge in [-0.2, -0.15) is 0 Å². The first-order valence-corrected chi connectivity index (χ1v) is 5.97. The van der Waals surface area contributed by atoms with Crippen LogP contribution in [0.2, 0.25) is 0 Å². The number of carbonyl (C=O) groups excluding carboxylic acids is 1. The number of hydrogen-bond donors (Lipinski definition) is 1. The van der Waals surface area contributed by atoms with E-state index in [1.54, 1.807) is 0 Å². The minimum absolute atomic E-state index is 0.137. The summed E-state index contributed by atoms with van der Waals surface area (Å²) in [6.07, 6.45) is 0. The van der Waals surface area contributed by atoms with Gasteiger partial charge in [0.25, 0.3) is 0 Å². The normalized spacial score (nSPS) is 11.1. The van der Waals surface area contributed by atoms with E-state index in [1.165, 1.54) is 25.8 Å². The highest BCUT2D eigenvalue weighted by Crippen LogP contribution is 2.12. The number of likely N-dealkylation sites (N-methyl/N-ethyl adjacent to an activating group) is 1. The van der Waals surface area contributed by atoms with E-state index >= 15 is 0 Å². The van der Waals surface area contributed by atoms with Gasteiger partial charge in [-0.25, -0.2) is 4.79 Å². The van der Waals surface area contributed by atoms with E-state index < -0.39 is 11.5 Å². The summed E-state index contributed by atoms with van der Waals surface area (Å²) in [7, 11) is 1.46. The molecule has 0 unspecified atom stereocenters. The lowest BCUT2D eigenvalue weighted by molar-refractivity contribution is -0.157. The van der Waals surface area contributed by atoms with Crippen LogP contribution in [0.3, 0.4) is 0 Å². The minimum Gasteiger partial charge on any atom is -0.480 e. The van der Waals surface area contributed by atoms with E-state index in [0.717, 1.165) is 5.56 Å². The van der Waals surface area contributed by atoms with Crippen LogP contribution in [0.5, 0.6) is 0 Å². The highest BCUT2D eigenvalue weighted by molar-refractivity contribution is 5.86. The molecule has 0 radical (unpaired) electrons. The van der Waals surface area contributed by atoms with Gasteiger partial charge in [-0.1, -0.05) is 30.3 Å². The summed E-state index contributed by atoms with van der Waals surface area (Å²) in [5.74, 6) is -1.41. The van der Waals surface area contributed by atoms with Crippen LogP contribution in [-0.2, 0) is 20.9 Å². The van der Waals surface area contributed by atoms with Crippen LogP contribution < -0.4 is 0 Å². The van der Waals surface area contributed by atoms with Crippen LogP contribution in [0.4, 0.5) is 0 Å². The van der Waals surface area contributed by atoms with Crippen molar-refractivity contribution < 1.29 is 19.4 Å². The molecule has 19 heavy (non-hydrogen) atoms. The Balaban J connectivity index is 2.46. The number of carbonyl (C=O) groups is 2. The molecule has 0 saturated carbocycles. The predicted molar refractivity (Wildman–Crippen MR) is 70.6 cm³/mol. The van der Waals surface area contributed by atoms with Crippen LogP contribution in [-0.4, -0.2) is 41.1 Å². The molecule has 0 spiro atoms. The largest absolute Gasteiger partial charge is 0.480 e. The van der Waals surface area contributed by atoms with Crippen molar-refractivity contribution in [1.29, 1.82) is 0 Å². The monoisotopic (exact) mass is 265 g/mol. The summed E-state index contributed by atoms with van der Waals surface area (Å²) >= 11 is 0. The lowest BCUT2D eigenvalue weighted by Crippen LogP contribution is -2.51. The van der Waals surface area contributed by atoms with Gasteiger partial charge in [-0.3, -0.25) is 4.79 Å². The molecule has 1 aromatic carbocycles. The van der Waals surface area contributed by atoms with Crippen molar-refractivity contribution in [2.24, 2.45) is 0 Å². The average Bonchev–Trinajstić information content (AvgIpc) is 2.38. The van der Waals surface area contributed by atoms with E-state index in [9.17, 15) is 9.59 Å². The van der Waals surface area contributed by atoms with Crippen molar-refractivity contribution in [3.8, 4) is 0 Å². The smallest absolute Gasteiger partial charge is 0.329 e. The fourth-order valence-electron chi connectivity index (χ4n) is 1.38. The van der Waals surface area contributed by atoms with Gasteiger partial charge in [-0.15, -0.1) is 0 Å². The van der Waals surface area contributed by atoms with Gasteiger partial charge in [0.2, 0.25) is 5.91 Å². The summed E-state index contributed by atoms with van der Waals surface area (Å²) in [6.45, 7) is 3.14. The molecule has 104 valence electrons. The predicted octanol–water partition coefficient (Wildman–Crippen LogP) is 1.52. The lowest BCUT2D eigenvalue weighted by atomic mass is 10.0. The van der Waals surface area contributed by atoms with Crippen LogP contribution in [0, 0.1) is 0 Å². The third-order valence-electron chi connectivity index (χ3n) is 3.07. The molecule has 0 aromatic heterocycles. The van der Waals surface area contributed by atoms with Gasteiger partial charge in [0.15, 0.2) is 0 Å². The molecule has 5 nitrogen and oxygen atoms in total. The minimum atomic E-state index is -1.24. The standard InChI is InChI=1S/C14H19NO4/c1-14(2,13(17)18)15(3)12(16)10-19-9-11-7-5-4-6-8-11/h4-8H,9-10H2,1-3H3,(H,17,18).